The number of likely N-dealkylation sites (tertiary alicyclic amines) is 1. The molecule has 88 valence electrons. The molecule has 1 heterocycles. The summed E-state index contributed by atoms with van der Waals surface area (Å²) in [5.41, 5.74) is 5.93. The van der Waals surface area contributed by atoms with E-state index >= 15 is 0 Å². The molecule has 0 aromatic rings. The predicted octanol–water partition coefficient (Wildman–Crippen LogP) is 0.910. The van der Waals surface area contributed by atoms with E-state index in [1.165, 1.54) is 19.3 Å². The van der Waals surface area contributed by atoms with Crippen LogP contribution >= 0.6 is 0 Å². The molecular weight excluding hydrogens is 192 g/mol. The van der Waals surface area contributed by atoms with Crippen molar-refractivity contribution in [3.05, 3.63) is 0 Å². The molecule has 1 aliphatic heterocycles. The second-order valence-corrected chi connectivity index (χ2v) is 4.59. The van der Waals surface area contributed by atoms with Crippen molar-refractivity contribution in [3.8, 4) is 0 Å². The van der Waals surface area contributed by atoms with Crippen molar-refractivity contribution in [3.63, 3.8) is 0 Å². The van der Waals surface area contributed by atoms with Crippen LogP contribution in [0.3, 0.4) is 0 Å². The fraction of sp³-hybridized carbons (Fsp3) is 0.909. The lowest BCUT2D eigenvalue weighted by atomic mass is 9.90. The number of rotatable bonds is 5. The lowest BCUT2D eigenvalue weighted by Crippen LogP contribution is -2.48. The van der Waals surface area contributed by atoms with Crippen molar-refractivity contribution in [2.24, 2.45) is 11.7 Å². The van der Waals surface area contributed by atoms with E-state index in [4.69, 9.17) is 10.8 Å². The van der Waals surface area contributed by atoms with Gasteiger partial charge in [0.25, 0.3) is 0 Å². The van der Waals surface area contributed by atoms with Gasteiger partial charge < -0.3 is 10.8 Å². The van der Waals surface area contributed by atoms with E-state index < -0.39 is 5.97 Å². The molecule has 1 aliphatic rings. The van der Waals surface area contributed by atoms with Crippen molar-refractivity contribution < 1.29 is 9.90 Å². The summed E-state index contributed by atoms with van der Waals surface area (Å²) in [6.45, 7) is 3.95. The number of unbranched alkanes of at least 4 members (excludes halogenated alkanes) is 1. The number of nitrogens with two attached hydrogens (primary N) is 1. The molecule has 1 fully saturated rings. The fourth-order valence-electron chi connectivity index (χ4n) is 2.37. The Kier molecular flexibility index (Phi) is 5.05. The average Bonchev–Trinajstić information content (AvgIpc) is 2.12. The van der Waals surface area contributed by atoms with Gasteiger partial charge in [0, 0.05) is 19.1 Å². The molecule has 2 atom stereocenters. The largest absolute Gasteiger partial charge is 0.480 e. The van der Waals surface area contributed by atoms with Gasteiger partial charge in [-0.1, -0.05) is 19.8 Å². The Balaban J connectivity index is 2.37. The van der Waals surface area contributed by atoms with Crippen molar-refractivity contribution in [1.82, 2.24) is 4.90 Å². The minimum Gasteiger partial charge on any atom is -0.480 e. The van der Waals surface area contributed by atoms with Crippen LogP contribution < -0.4 is 5.73 Å². The number of nitrogens with zero attached hydrogens (tertiary/aromatic N) is 1. The first kappa shape index (κ1) is 12.5. The molecule has 0 radical (unpaired) electrons. The van der Waals surface area contributed by atoms with E-state index in [9.17, 15) is 4.79 Å². The summed E-state index contributed by atoms with van der Waals surface area (Å²) in [5.74, 6) is -0.161. The molecule has 4 nitrogen and oxygen atoms in total. The smallest absolute Gasteiger partial charge is 0.317 e. The zero-order valence-corrected chi connectivity index (χ0v) is 9.48. The van der Waals surface area contributed by atoms with Gasteiger partial charge in [0.1, 0.15) is 0 Å². The second kappa shape index (κ2) is 6.08. The van der Waals surface area contributed by atoms with Crippen LogP contribution in [-0.4, -0.2) is 41.7 Å². The molecule has 0 aromatic carbocycles. The highest BCUT2D eigenvalue weighted by Crippen LogP contribution is 2.20. The van der Waals surface area contributed by atoms with Crippen molar-refractivity contribution >= 4 is 5.97 Å². The van der Waals surface area contributed by atoms with Crippen LogP contribution in [0.15, 0.2) is 0 Å². The molecular formula is C11H22N2O2. The quantitative estimate of drug-likeness (QED) is 0.714. The van der Waals surface area contributed by atoms with E-state index in [0.717, 1.165) is 19.5 Å². The Hall–Kier alpha value is -0.610. The van der Waals surface area contributed by atoms with Gasteiger partial charge in [0.15, 0.2) is 0 Å². The molecule has 0 aliphatic carbocycles. The minimum atomic E-state index is -0.752. The fourth-order valence-corrected chi connectivity index (χ4v) is 2.37. The molecule has 1 rings (SSSR count). The maximum absolute atomic E-state index is 10.6. The highest BCUT2D eigenvalue weighted by molar-refractivity contribution is 5.69. The normalized spacial score (nSPS) is 27.9. The third-order valence-electron chi connectivity index (χ3n) is 2.97. The standard InChI is InChI=1S/C11H22N2O2/c1-2-3-4-9-5-10(12)7-13(6-9)8-11(14)15/h9-10H,2-8,12H2,1H3,(H,14,15). The van der Waals surface area contributed by atoms with Crippen LogP contribution in [0, 0.1) is 5.92 Å². The Morgan fingerprint density at radius 1 is 1.53 bits per heavy atom. The molecule has 3 N–H and O–H groups in total. The van der Waals surface area contributed by atoms with Gasteiger partial charge in [-0.25, -0.2) is 0 Å². The maximum Gasteiger partial charge on any atom is 0.317 e. The molecule has 0 saturated carbocycles. The van der Waals surface area contributed by atoms with Gasteiger partial charge in [0.05, 0.1) is 6.54 Å². The van der Waals surface area contributed by atoms with Gasteiger partial charge in [-0.2, -0.15) is 0 Å². The summed E-state index contributed by atoms with van der Waals surface area (Å²) in [4.78, 5) is 12.6. The number of carboxylic acid groups (broad SMARTS) is 1. The lowest BCUT2D eigenvalue weighted by molar-refractivity contribution is -0.138. The summed E-state index contributed by atoms with van der Waals surface area (Å²) in [5, 5.41) is 8.73. The SMILES string of the molecule is CCCCC1CC(N)CN(CC(=O)O)C1. The first-order valence-electron chi connectivity index (χ1n) is 5.81. The monoisotopic (exact) mass is 214 g/mol. The molecule has 15 heavy (non-hydrogen) atoms. The number of carboxylic acids is 1. The number of piperidine rings is 1. The second-order valence-electron chi connectivity index (χ2n) is 4.59. The third kappa shape index (κ3) is 4.62. The first-order chi connectivity index (χ1) is 7.11. The van der Waals surface area contributed by atoms with E-state index in [-0.39, 0.29) is 12.6 Å². The van der Waals surface area contributed by atoms with Crippen LogP contribution in [0.5, 0.6) is 0 Å². The number of hydrogen-bond donors (Lipinski definition) is 2. The third-order valence-corrected chi connectivity index (χ3v) is 2.97. The Morgan fingerprint density at radius 2 is 2.27 bits per heavy atom. The molecule has 0 spiro atoms. The van der Waals surface area contributed by atoms with Crippen molar-refractivity contribution in [2.75, 3.05) is 19.6 Å². The zero-order chi connectivity index (χ0) is 11.3. The van der Waals surface area contributed by atoms with Crippen LogP contribution in [0.25, 0.3) is 0 Å². The molecule has 0 bridgehead atoms. The van der Waals surface area contributed by atoms with Gasteiger partial charge in [-0.3, -0.25) is 9.69 Å². The zero-order valence-electron chi connectivity index (χ0n) is 9.48. The molecule has 0 amide bonds. The summed E-state index contributed by atoms with van der Waals surface area (Å²) >= 11 is 0. The Morgan fingerprint density at radius 3 is 2.87 bits per heavy atom. The Labute approximate surface area is 91.4 Å². The average molecular weight is 214 g/mol. The van der Waals surface area contributed by atoms with Crippen LogP contribution in [-0.2, 0) is 4.79 Å². The van der Waals surface area contributed by atoms with E-state index in [2.05, 4.69) is 6.92 Å². The Bertz CT molecular complexity index is 209. The molecule has 4 heteroatoms. The number of aliphatic carboxylic acids is 1. The predicted molar refractivity (Wildman–Crippen MR) is 59.7 cm³/mol. The highest BCUT2D eigenvalue weighted by atomic mass is 16.4. The van der Waals surface area contributed by atoms with Gasteiger partial charge in [-0.05, 0) is 18.8 Å². The summed E-state index contributed by atoms with van der Waals surface area (Å²) in [6, 6.07) is 0.153. The molecule has 0 aromatic heterocycles. The van der Waals surface area contributed by atoms with E-state index in [1.807, 2.05) is 4.90 Å². The minimum absolute atomic E-state index is 0.135. The van der Waals surface area contributed by atoms with E-state index in [1.54, 1.807) is 0 Å². The summed E-state index contributed by atoms with van der Waals surface area (Å²) in [6.07, 6.45) is 4.65. The van der Waals surface area contributed by atoms with Crippen LogP contribution in [0.1, 0.15) is 32.6 Å². The van der Waals surface area contributed by atoms with Gasteiger partial charge in [0.2, 0.25) is 0 Å². The summed E-state index contributed by atoms with van der Waals surface area (Å²) in [7, 11) is 0. The van der Waals surface area contributed by atoms with Crippen molar-refractivity contribution in [1.29, 1.82) is 0 Å². The first-order valence-corrected chi connectivity index (χ1v) is 5.81. The maximum atomic E-state index is 10.6. The van der Waals surface area contributed by atoms with Crippen LogP contribution in [0.4, 0.5) is 0 Å². The van der Waals surface area contributed by atoms with E-state index in [0.29, 0.717) is 5.92 Å². The number of carbonyl (C=O) groups is 1. The van der Waals surface area contributed by atoms with Crippen molar-refractivity contribution in [2.45, 2.75) is 38.6 Å². The summed E-state index contributed by atoms with van der Waals surface area (Å²) < 4.78 is 0. The van der Waals surface area contributed by atoms with Gasteiger partial charge in [-0.15, -0.1) is 0 Å². The lowest BCUT2D eigenvalue weighted by Gasteiger charge is -2.35. The van der Waals surface area contributed by atoms with Gasteiger partial charge >= 0.3 is 5.97 Å². The number of hydrogen-bond acceptors (Lipinski definition) is 3. The highest BCUT2D eigenvalue weighted by Gasteiger charge is 2.25. The molecule has 2 unspecified atom stereocenters. The molecule has 1 saturated heterocycles. The topological polar surface area (TPSA) is 66.6 Å². The van der Waals surface area contributed by atoms with Crippen LogP contribution in [0.2, 0.25) is 0 Å².